The number of halogens is 1. The Labute approximate surface area is 129 Å². The lowest BCUT2D eigenvalue weighted by molar-refractivity contribution is 0.504. The molecule has 3 heteroatoms. The minimum atomic E-state index is 0.217. The van der Waals surface area contributed by atoms with Crippen LogP contribution in [0.3, 0.4) is 0 Å². The Morgan fingerprint density at radius 3 is 2.40 bits per heavy atom. The van der Waals surface area contributed by atoms with Crippen molar-refractivity contribution in [2.75, 3.05) is 11.9 Å². The summed E-state index contributed by atoms with van der Waals surface area (Å²) < 4.78 is 0. The third-order valence-corrected chi connectivity index (χ3v) is 4.19. The molecule has 0 spiro atoms. The van der Waals surface area contributed by atoms with Crippen LogP contribution in [-0.2, 0) is 6.42 Å². The van der Waals surface area contributed by atoms with Crippen LogP contribution in [0.1, 0.15) is 46.1 Å². The molecule has 0 saturated heterocycles. The van der Waals surface area contributed by atoms with E-state index in [1.54, 1.807) is 0 Å². The number of anilines is 1. The molecule has 1 rings (SSSR count). The highest BCUT2D eigenvalue weighted by molar-refractivity contribution is 6.33. The zero-order valence-electron chi connectivity index (χ0n) is 13.5. The first kappa shape index (κ1) is 17.3. The quantitative estimate of drug-likeness (QED) is 0.803. The van der Waals surface area contributed by atoms with E-state index in [0.29, 0.717) is 12.0 Å². The zero-order valence-corrected chi connectivity index (χ0v) is 14.2. The van der Waals surface area contributed by atoms with Gasteiger partial charge in [0.15, 0.2) is 0 Å². The normalized spacial score (nSPS) is 14.4. The predicted molar refractivity (Wildman–Crippen MR) is 90.7 cm³/mol. The van der Waals surface area contributed by atoms with E-state index in [4.69, 9.17) is 17.3 Å². The standard InChI is InChI=1S/C17H29ClN2/c1-6-15(19)10-14-7-8-17(16(18)11-14)20(5)13(4)9-12(2)3/h7-8,11-13,15H,6,9-10,19H2,1-5H3. The van der Waals surface area contributed by atoms with E-state index in [0.717, 1.165) is 30.0 Å². The van der Waals surface area contributed by atoms with E-state index in [1.165, 1.54) is 5.56 Å². The Morgan fingerprint density at radius 1 is 1.25 bits per heavy atom. The van der Waals surface area contributed by atoms with E-state index in [2.05, 4.69) is 57.8 Å². The maximum absolute atomic E-state index is 6.45. The third kappa shape index (κ3) is 4.99. The number of hydrogen-bond donors (Lipinski definition) is 1. The van der Waals surface area contributed by atoms with Gasteiger partial charge in [0.1, 0.15) is 0 Å². The first-order valence-corrected chi connectivity index (χ1v) is 7.99. The van der Waals surface area contributed by atoms with E-state index >= 15 is 0 Å². The fourth-order valence-corrected chi connectivity index (χ4v) is 2.82. The van der Waals surface area contributed by atoms with E-state index in [9.17, 15) is 0 Å². The summed E-state index contributed by atoms with van der Waals surface area (Å²) in [7, 11) is 2.12. The Kier molecular flexibility index (Phi) is 6.84. The molecule has 0 aromatic heterocycles. The van der Waals surface area contributed by atoms with Crippen LogP contribution in [0.2, 0.25) is 5.02 Å². The predicted octanol–water partition coefficient (Wildman–Crippen LogP) is 4.49. The van der Waals surface area contributed by atoms with E-state index in [-0.39, 0.29) is 6.04 Å². The van der Waals surface area contributed by atoms with Crippen LogP contribution < -0.4 is 10.6 Å². The van der Waals surface area contributed by atoms with Gasteiger partial charge in [-0.25, -0.2) is 0 Å². The molecule has 0 bridgehead atoms. The van der Waals surface area contributed by atoms with Gasteiger partial charge in [0.25, 0.3) is 0 Å². The molecule has 2 atom stereocenters. The van der Waals surface area contributed by atoms with E-state index < -0.39 is 0 Å². The largest absolute Gasteiger partial charge is 0.371 e. The molecule has 2 N–H and O–H groups in total. The highest BCUT2D eigenvalue weighted by Crippen LogP contribution is 2.29. The molecule has 0 aliphatic rings. The van der Waals surface area contributed by atoms with Crippen molar-refractivity contribution < 1.29 is 0 Å². The van der Waals surface area contributed by atoms with Crippen molar-refractivity contribution in [2.24, 2.45) is 11.7 Å². The van der Waals surface area contributed by atoms with Crippen LogP contribution in [0.4, 0.5) is 5.69 Å². The number of nitrogens with two attached hydrogens (primary N) is 1. The molecule has 1 aromatic rings. The lowest BCUT2D eigenvalue weighted by atomic mass is 10.0. The first-order chi connectivity index (χ1) is 9.35. The van der Waals surface area contributed by atoms with Crippen molar-refractivity contribution >= 4 is 17.3 Å². The van der Waals surface area contributed by atoms with Gasteiger partial charge in [-0.3, -0.25) is 0 Å². The average Bonchev–Trinajstić information content (AvgIpc) is 2.37. The van der Waals surface area contributed by atoms with Crippen molar-refractivity contribution in [1.82, 2.24) is 0 Å². The summed E-state index contributed by atoms with van der Waals surface area (Å²) in [5.41, 5.74) is 8.33. The third-order valence-electron chi connectivity index (χ3n) is 3.89. The van der Waals surface area contributed by atoms with Gasteiger partial charge in [-0.2, -0.15) is 0 Å². The molecule has 0 aliphatic heterocycles. The number of hydrogen-bond acceptors (Lipinski definition) is 2. The molecule has 0 amide bonds. The maximum Gasteiger partial charge on any atom is 0.0642 e. The van der Waals surface area contributed by atoms with Gasteiger partial charge in [-0.05, 0) is 49.8 Å². The Morgan fingerprint density at radius 2 is 1.90 bits per heavy atom. The number of nitrogens with zero attached hydrogens (tertiary/aromatic N) is 1. The molecular formula is C17H29ClN2. The van der Waals surface area contributed by atoms with E-state index in [1.807, 2.05) is 0 Å². The van der Waals surface area contributed by atoms with Crippen LogP contribution in [0.25, 0.3) is 0 Å². The van der Waals surface area contributed by atoms with Gasteiger partial charge in [-0.15, -0.1) is 0 Å². The van der Waals surface area contributed by atoms with Crippen LogP contribution in [0.15, 0.2) is 18.2 Å². The van der Waals surface area contributed by atoms with Crippen molar-refractivity contribution in [3.63, 3.8) is 0 Å². The molecule has 114 valence electrons. The van der Waals surface area contributed by atoms with Gasteiger partial charge in [0.2, 0.25) is 0 Å². The molecule has 20 heavy (non-hydrogen) atoms. The topological polar surface area (TPSA) is 29.3 Å². The van der Waals surface area contributed by atoms with Crippen LogP contribution in [-0.4, -0.2) is 19.1 Å². The second-order valence-corrected chi connectivity index (χ2v) is 6.65. The zero-order chi connectivity index (χ0) is 15.3. The molecule has 0 fully saturated rings. The fourth-order valence-electron chi connectivity index (χ4n) is 2.49. The van der Waals surface area contributed by atoms with Crippen molar-refractivity contribution in [3.8, 4) is 0 Å². The molecule has 2 unspecified atom stereocenters. The fraction of sp³-hybridized carbons (Fsp3) is 0.647. The van der Waals surface area contributed by atoms with Crippen molar-refractivity contribution in [1.29, 1.82) is 0 Å². The smallest absolute Gasteiger partial charge is 0.0642 e. The first-order valence-electron chi connectivity index (χ1n) is 7.62. The summed E-state index contributed by atoms with van der Waals surface area (Å²) >= 11 is 6.45. The molecule has 2 nitrogen and oxygen atoms in total. The maximum atomic E-state index is 6.45. The van der Waals surface area contributed by atoms with Gasteiger partial charge < -0.3 is 10.6 Å². The molecule has 0 saturated carbocycles. The Bertz CT molecular complexity index is 417. The van der Waals surface area contributed by atoms with Crippen LogP contribution >= 0.6 is 11.6 Å². The molecule has 0 heterocycles. The van der Waals surface area contributed by atoms with Gasteiger partial charge in [0.05, 0.1) is 10.7 Å². The second-order valence-electron chi connectivity index (χ2n) is 6.25. The van der Waals surface area contributed by atoms with Crippen molar-refractivity contribution in [2.45, 2.75) is 59.0 Å². The molecule has 1 aromatic carbocycles. The molecular weight excluding hydrogens is 268 g/mol. The number of benzene rings is 1. The molecule has 0 radical (unpaired) electrons. The highest BCUT2D eigenvalue weighted by Gasteiger charge is 2.15. The Hall–Kier alpha value is -0.730. The summed E-state index contributed by atoms with van der Waals surface area (Å²) in [6, 6.07) is 7.03. The lowest BCUT2D eigenvalue weighted by Crippen LogP contribution is -2.30. The second kappa shape index (κ2) is 7.90. The monoisotopic (exact) mass is 296 g/mol. The van der Waals surface area contributed by atoms with Gasteiger partial charge in [-0.1, -0.05) is 38.4 Å². The minimum Gasteiger partial charge on any atom is -0.371 e. The van der Waals surface area contributed by atoms with Gasteiger partial charge in [0, 0.05) is 19.1 Å². The average molecular weight is 297 g/mol. The summed E-state index contributed by atoms with van der Waals surface area (Å²) in [6.07, 6.45) is 3.04. The molecule has 0 aliphatic carbocycles. The van der Waals surface area contributed by atoms with Crippen LogP contribution in [0, 0.1) is 5.92 Å². The highest BCUT2D eigenvalue weighted by atomic mass is 35.5. The number of rotatable bonds is 7. The minimum absolute atomic E-state index is 0.217. The van der Waals surface area contributed by atoms with Crippen LogP contribution in [0.5, 0.6) is 0 Å². The summed E-state index contributed by atoms with van der Waals surface area (Å²) in [6.45, 7) is 8.86. The van der Waals surface area contributed by atoms with Gasteiger partial charge >= 0.3 is 0 Å². The summed E-state index contributed by atoms with van der Waals surface area (Å²) in [5.74, 6) is 0.688. The lowest BCUT2D eigenvalue weighted by Gasteiger charge is -2.29. The summed E-state index contributed by atoms with van der Waals surface area (Å²) in [4.78, 5) is 2.27. The van der Waals surface area contributed by atoms with Crippen molar-refractivity contribution in [3.05, 3.63) is 28.8 Å². The summed E-state index contributed by atoms with van der Waals surface area (Å²) in [5, 5.41) is 0.823. The SMILES string of the molecule is CCC(N)Cc1ccc(N(C)C(C)CC(C)C)c(Cl)c1. The Balaban J connectivity index is 2.81.